The largest absolute Gasteiger partial charge is 0.452 e. The van der Waals surface area contributed by atoms with Crippen molar-refractivity contribution in [2.45, 2.75) is 37.5 Å². The maximum absolute atomic E-state index is 12.7. The summed E-state index contributed by atoms with van der Waals surface area (Å²) >= 11 is 0. The zero-order chi connectivity index (χ0) is 20.4. The van der Waals surface area contributed by atoms with Crippen molar-refractivity contribution in [1.29, 1.82) is 0 Å². The van der Waals surface area contributed by atoms with E-state index >= 15 is 0 Å². The fraction of sp³-hybridized carbons (Fsp3) is 0.579. The standard InChI is InChI=1S/C19H28N2O6S/c1-2-3-4-5-9-20-18(22)15-27-19(23)16-7-6-8-17(14-16)28(24,25)21-10-12-26-13-11-21/h6-8,14H,2-5,9-13,15H2,1H3,(H,20,22). The Morgan fingerprint density at radius 3 is 2.64 bits per heavy atom. The first-order chi connectivity index (χ1) is 13.4. The van der Waals surface area contributed by atoms with E-state index in [0.29, 0.717) is 19.8 Å². The van der Waals surface area contributed by atoms with E-state index in [4.69, 9.17) is 9.47 Å². The molecule has 1 aliphatic heterocycles. The molecule has 0 spiro atoms. The molecule has 1 aromatic rings. The predicted octanol–water partition coefficient (Wildman–Crippen LogP) is 1.56. The summed E-state index contributed by atoms with van der Waals surface area (Å²) in [5.74, 6) is -1.11. The van der Waals surface area contributed by atoms with Gasteiger partial charge in [-0.05, 0) is 24.6 Å². The molecule has 2 rings (SSSR count). The summed E-state index contributed by atoms with van der Waals surface area (Å²) in [5.41, 5.74) is 0.0880. The number of nitrogens with one attached hydrogen (secondary N) is 1. The summed E-state index contributed by atoms with van der Waals surface area (Å²) < 4.78 is 36.9. The minimum absolute atomic E-state index is 0.0178. The average molecular weight is 413 g/mol. The molecule has 0 bridgehead atoms. The van der Waals surface area contributed by atoms with Gasteiger partial charge in [0.05, 0.1) is 23.7 Å². The van der Waals surface area contributed by atoms with E-state index in [2.05, 4.69) is 12.2 Å². The molecule has 1 amide bonds. The third-order valence-electron chi connectivity index (χ3n) is 4.36. The summed E-state index contributed by atoms with van der Waals surface area (Å²) in [6, 6.07) is 5.65. The normalized spacial score (nSPS) is 15.2. The van der Waals surface area contributed by atoms with Gasteiger partial charge in [-0.2, -0.15) is 4.31 Å². The summed E-state index contributed by atoms with van der Waals surface area (Å²) in [4.78, 5) is 23.9. The Bertz CT molecular complexity index is 759. The average Bonchev–Trinajstić information content (AvgIpc) is 2.72. The van der Waals surface area contributed by atoms with Crippen molar-refractivity contribution < 1.29 is 27.5 Å². The lowest BCUT2D eigenvalue weighted by Gasteiger charge is -2.26. The number of rotatable bonds is 10. The lowest BCUT2D eigenvalue weighted by atomic mass is 10.2. The molecule has 1 aliphatic rings. The van der Waals surface area contributed by atoms with E-state index in [-0.39, 0.29) is 29.5 Å². The maximum atomic E-state index is 12.7. The second-order valence-corrected chi connectivity index (χ2v) is 8.47. The first-order valence-electron chi connectivity index (χ1n) is 9.57. The van der Waals surface area contributed by atoms with E-state index in [1.807, 2.05) is 0 Å². The van der Waals surface area contributed by atoms with Crippen LogP contribution in [0.2, 0.25) is 0 Å². The number of carbonyl (C=O) groups is 2. The van der Waals surface area contributed by atoms with Crippen LogP contribution in [0, 0.1) is 0 Å². The Kier molecular flexibility index (Phi) is 8.88. The highest BCUT2D eigenvalue weighted by atomic mass is 32.2. The molecule has 0 aromatic heterocycles. The number of nitrogens with zero attached hydrogens (tertiary/aromatic N) is 1. The molecule has 156 valence electrons. The minimum atomic E-state index is -3.70. The molecular formula is C19H28N2O6S. The van der Waals surface area contributed by atoms with E-state index in [1.165, 1.54) is 28.6 Å². The Morgan fingerprint density at radius 1 is 1.18 bits per heavy atom. The molecule has 8 nitrogen and oxygen atoms in total. The van der Waals surface area contributed by atoms with Gasteiger partial charge in [-0.1, -0.05) is 32.3 Å². The molecule has 0 saturated carbocycles. The van der Waals surface area contributed by atoms with Gasteiger partial charge in [0.2, 0.25) is 10.0 Å². The fourth-order valence-electron chi connectivity index (χ4n) is 2.76. The first kappa shape index (κ1) is 22.3. The Balaban J connectivity index is 1.88. The number of hydrogen-bond acceptors (Lipinski definition) is 6. The van der Waals surface area contributed by atoms with Crippen molar-refractivity contribution >= 4 is 21.9 Å². The SMILES string of the molecule is CCCCCCNC(=O)COC(=O)c1cccc(S(=O)(=O)N2CCOCC2)c1. The van der Waals surface area contributed by atoms with Gasteiger partial charge in [-0.15, -0.1) is 0 Å². The predicted molar refractivity (Wildman–Crippen MR) is 103 cm³/mol. The topological polar surface area (TPSA) is 102 Å². The van der Waals surface area contributed by atoms with Crippen LogP contribution in [0.1, 0.15) is 43.0 Å². The molecule has 0 aliphatic carbocycles. The van der Waals surface area contributed by atoms with E-state index < -0.39 is 22.6 Å². The molecule has 1 fully saturated rings. The van der Waals surface area contributed by atoms with Gasteiger partial charge >= 0.3 is 5.97 Å². The fourth-order valence-corrected chi connectivity index (χ4v) is 4.22. The van der Waals surface area contributed by atoms with Gasteiger partial charge in [0.1, 0.15) is 0 Å². The number of unbranched alkanes of at least 4 members (excludes halogenated alkanes) is 3. The third-order valence-corrected chi connectivity index (χ3v) is 6.26. The number of ether oxygens (including phenoxy) is 2. The zero-order valence-corrected chi connectivity index (χ0v) is 17.0. The molecule has 0 unspecified atom stereocenters. The van der Waals surface area contributed by atoms with E-state index in [9.17, 15) is 18.0 Å². The minimum Gasteiger partial charge on any atom is -0.452 e. The van der Waals surface area contributed by atoms with Crippen molar-refractivity contribution in [1.82, 2.24) is 9.62 Å². The lowest BCUT2D eigenvalue weighted by molar-refractivity contribution is -0.124. The van der Waals surface area contributed by atoms with Crippen LogP contribution >= 0.6 is 0 Å². The summed E-state index contributed by atoms with van der Waals surface area (Å²) in [7, 11) is -3.70. The van der Waals surface area contributed by atoms with Crippen LogP contribution in [0.15, 0.2) is 29.2 Å². The highest BCUT2D eigenvalue weighted by molar-refractivity contribution is 7.89. The number of sulfonamides is 1. The lowest BCUT2D eigenvalue weighted by Crippen LogP contribution is -2.40. The van der Waals surface area contributed by atoms with Gasteiger partial charge in [0, 0.05) is 19.6 Å². The smallest absolute Gasteiger partial charge is 0.338 e. The van der Waals surface area contributed by atoms with E-state index in [1.54, 1.807) is 0 Å². The first-order valence-corrected chi connectivity index (χ1v) is 11.0. The van der Waals surface area contributed by atoms with Crippen LogP contribution < -0.4 is 5.32 Å². The Hall–Kier alpha value is -1.97. The van der Waals surface area contributed by atoms with Crippen molar-refractivity contribution in [2.75, 3.05) is 39.5 Å². The number of hydrogen-bond donors (Lipinski definition) is 1. The molecule has 0 radical (unpaired) electrons. The van der Waals surface area contributed by atoms with Crippen molar-refractivity contribution in [3.63, 3.8) is 0 Å². The molecule has 1 aromatic carbocycles. The van der Waals surface area contributed by atoms with Gasteiger partial charge in [0.25, 0.3) is 5.91 Å². The van der Waals surface area contributed by atoms with Crippen LogP contribution in [0.3, 0.4) is 0 Å². The van der Waals surface area contributed by atoms with Gasteiger partial charge in [-0.3, -0.25) is 4.79 Å². The Labute approximate surface area is 166 Å². The van der Waals surface area contributed by atoms with Crippen LogP contribution in [0.4, 0.5) is 0 Å². The molecule has 1 N–H and O–H groups in total. The molecule has 1 heterocycles. The van der Waals surface area contributed by atoms with Crippen molar-refractivity contribution in [3.8, 4) is 0 Å². The summed E-state index contributed by atoms with van der Waals surface area (Å²) in [6.45, 7) is 3.49. The second-order valence-electron chi connectivity index (χ2n) is 6.53. The number of morpholine rings is 1. The second kappa shape index (κ2) is 11.1. The van der Waals surface area contributed by atoms with E-state index in [0.717, 1.165) is 25.7 Å². The van der Waals surface area contributed by atoms with Crippen molar-refractivity contribution in [3.05, 3.63) is 29.8 Å². The molecule has 9 heteroatoms. The molecule has 0 atom stereocenters. The highest BCUT2D eigenvalue weighted by Crippen LogP contribution is 2.18. The van der Waals surface area contributed by atoms with Crippen LogP contribution in [-0.2, 0) is 24.3 Å². The Morgan fingerprint density at radius 2 is 1.93 bits per heavy atom. The summed E-state index contributed by atoms with van der Waals surface area (Å²) in [5, 5.41) is 2.70. The number of benzene rings is 1. The summed E-state index contributed by atoms with van der Waals surface area (Å²) in [6.07, 6.45) is 4.16. The molecular weight excluding hydrogens is 384 g/mol. The third kappa shape index (κ3) is 6.57. The van der Waals surface area contributed by atoms with Crippen LogP contribution in [0.25, 0.3) is 0 Å². The van der Waals surface area contributed by atoms with Gasteiger partial charge in [-0.25, -0.2) is 13.2 Å². The number of carbonyl (C=O) groups excluding carboxylic acids is 2. The maximum Gasteiger partial charge on any atom is 0.338 e. The highest BCUT2D eigenvalue weighted by Gasteiger charge is 2.27. The molecule has 28 heavy (non-hydrogen) atoms. The molecule has 1 saturated heterocycles. The monoisotopic (exact) mass is 412 g/mol. The van der Waals surface area contributed by atoms with Gasteiger partial charge in [0.15, 0.2) is 6.61 Å². The number of esters is 1. The van der Waals surface area contributed by atoms with Crippen LogP contribution in [0.5, 0.6) is 0 Å². The zero-order valence-electron chi connectivity index (χ0n) is 16.2. The van der Waals surface area contributed by atoms with Crippen molar-refractivity contribution in [2.24, 2.45) is 0 Å². The van der Waals surface area contributed by atoms with Crippen LogP contribution in [-0.4, -0.2) is 64.1 Å². The number of amides is 1. The quantitative estimate of drug-likeness (QED) is 0.462. The van der Waals surface area contributed by atoms with Gasteiger partial charge < -0.3 is 14.8 Å².